The van der Waals surface area contributed by atoms with Gasteiger partial charge in [-0.25, -0.2) is 4.79 Å². The first-order chi connectivity index (χ1) is 9.40. The zero-order valence-electron chi connectivity index (χ0n) is 11.0. The highest BCUT2D eigenvalue weighted by atomic mass is 16.6. The van der Waals surface area contributed by atoms with Crippen LogP contribution in [0.2, 0.25) is 0 Å². The molecule has 1 aromatic carbocycles. The van der Waals surface area contributed by atoms with Crippen LogP contribution in [0.5, 0.6) is 0 Å². The number of benzene rings is 1. The minimum atomic E-state index is -1.37. The van der Waals surface area contributed by atoms with E-state index in [1.165, 1.54) is 0 Å². The quantitative estimate of drug-likeness (QED) is 0.739. The second-order valence-corrected chi connectivity index (χ2v) is 4.53. The zero-order valence-corrected chi connectivity index (χ0v) is 11.0. The molecule has 0 bridgehead atoms. The van der Waals surface area contributed by atoms with E-state index in [4.69, 9.17) is 14.9 Å². The molecule has 0 fully saturated rings. The van der Waals surface area contributed by atoms with E-state index in [0.717, 1.165) is 0 Å². The first kappa shape index (κ1) is 15.7. The number of carbonyl (C=O) groups excluding carboxylic acids is 1. The summed E-state index contributed by atoms with van der Waals surface area (Å²) in [7, 11) is 0. The Morgan fingerprint density at radius 1 is 1.10 bits per heavy atom. The number of carbonyl (C=O) groups is 3. The van der Waals surface area contributed by atoms with Crippen molar-refractivity contribution in [2.24, 2.45) is 5.92 Å². The van der Waals surface area contributed by atoms with Gasteiger partial charge in [0.2, 0.25) is 6.10 Å². The topological polar surface area (TPSA) is 101 Å². The van der Waals surface area contributed by atoms with E-state index in [1.54, 1.807) is 37.3 Å². The SMILES string of the molecule is C[C@H](CC(=O)O)CC(=O)O[C@@H](C(=O)O)c1ccccc1. The third kappa shape index (κ3) is 5.09. The minimum Gasteiger partial charge on any atom is -0.481 e. The summed E-state index contributed by atoms with van der Waals surface area (Å²) in [6, 6.07) is 8.11. The molecule has 0 radical (unpaired) electrons. The second kappa shape index (κ2) is 7.28. The Morgan fingerprint density at radius 3 is 2.20 bits per heavy atom. The molecule has 0 saturated heterocycles. The van der Waals surface area contributed by atoms with Gasteiger partial charge >= 0.3 is 17.9 Å². The highest BCUT2D eigenvalue weighted by Crippen LogP contribution is 2.19. The Kier molecular flexibility index (Phi) is 5.71. The lowest BCUT2D eigenvalue weighted by Gasteiger charge is -2.15. The monoisotopic (exact) mass is 280 g/mol. The molecular formula is C14H16O6. The normalized spacial score (nSPS) is 13.2. The first-order valence-corrected chi connectivity index (χ1v) is 6.09. The van der Waals surface area contributed by atoms with Gasteiger partial charge in [-0.1, -0.05) is 37.3 Å². The molecule has 2 atom stereocenters. The summed E-state index contributed by atoms with van der Waals surface area (Å²) < 4.78 is 4.92. The van der Waals surface area contributed by atoms with Crippen molar-refractivity contribution in [1.82, 2.24) is 0 Å². The molecule has 0 amide bonds. The van der Waals surface area contributed by atoms with Crippen LogP contribution in [0, 0.1) is 5.92 Å². The van der Waals surface area contributed by atoms with Gasteiger partial charge in [0.05, 0.1) is 0 Å². The summed E-state index contributed by atoms with van der Waals surface area (Å²) in [4.78, 5) is 33.3. The Balaban J connectivity index is 2.65. The molecule has 0 aliphatic carbocycles. The van der Waals surface area contributed by atoms with E-state index in [1.807, 2.05) is 0 Å². The van der Waals surface area contributed by atoms with Crippen LogP contribution < -0.4 is 0 Å². The van der Waals surface area contributed by atoms with Gasteiger partial charge in [0.25, 0.3) is 0 Å². The molecule has 2 N–H and O–H groups in total. The molecule has 20 heavy (non-hydrogen) atoms. The number of hydrogen-bond donors (Lipinski definition) is 2. The van der Waals surface area contributed by atoms with Crippen molar-refractivity contribution >= 4 is 17.9 Å². The summed E-state index contributed by atoms with van der Waals surface area (Å²) in [5, 5.41) is 17.7. The predicted molar refractivity (Wildman–Crippen MR) is 68.9 cm³/mol. The number of rotatable bonds is 7. The summed E-state index contributed by atoms with van der Waals surface area (Å²) >= 11 is 0. The maximum Gasteiger partial charge on any atom is 0.349 e. The van der Waals surface area contributed by atoms with Crippen molar-refractivity contribution in [3.8, 4) is 0 Å². The van der Waals surface area contributed by atoms with Gasteiger partial charge in [0.1, 0.15) is 0 Å². The number of carboxylic acid groups (broad SMARTS) is 2. The third-order valence-electron chi connectivity index (χ3n) is 2.61. The van der Waals surface area contributed by atoms with Crippen molar-refractivity contribution in [3.05, 3.63) is 35.9 Å². The highest BCUT2D eigenvalue weighted by molar-refractivity contribution is 5.79. The van der Waals surface area contributed by atoms with Gasteiger partial charge in [-0.2, -0.15) is 0 Å². The minimum absolute atomic E-state index is 0.136. The summed E-state index contributed by atoms with van der Waals surface area (Å²) in [6.07, 6.45) is -1.68. The van der Waals surface area contributed by atoms with Crippen molar-refractivity contribution in [3.63, 3.8) is 0 Å². The predicted octanol–water partition coefficient (Wildman–Crippen LogP) is 1.86. The van der Waals surface area contributed by atoms with Crippen molar-refractivity contribution in [2.45, 2.75) is 25.9 Å². The van der Waals surface area contributed by atoms with Crippen molar-refractivity contribution in [2.75, 3.05) is 0 Å². The first-order valence-electron chi connectivity index (χ1n) is 6.09. The van der Waals surface area contributed by atoms with E-state index in [0.29, 0.717) is 5.56 Å². The number of hydrogen-bond acceptors (Lipinski definition) is 4. The molecule has 6 nitrogen and oxygen atoms in total. The molecule has 0 aliphatic rings. The van der Waals surface area contributed by atoms with Crippen LogP contribution in [0.4, 0.5) is 0 Å². The molecule has 1 aromatic rings. The summed E-state index contributed by atoms with van der Waals surface area (Å²) in [5.74, 6) is -3.42. The maximum atomic E-state index is 11.6. The molecule has 0 unspecified atom stereocenters. The molecule has 0 spiro atoms. The van der Waals surface area contributed by atoms with Crippen LogP contribution in [-0.4, -0.2) is 28.1 Å². The Bertz CT molecular complexity index is 482. The Hall–Kier alpha value is -2.37. The standard InChI is InChI=1S/C14H16O6/c1-9(7-11(15)16)8-12(17)20-13(14(18)19)10-5-3-2-4-6-10/h2-6,9,13H,7-8H2,1H3,(H,15,16)(H,18,19)/t9-,13-/m1/s1. The van der Waals surface area contributed by atoms with Gasteiger partial charge in [-0.05, 0) is 5.92 Å². The van der Waals surface area contributed by atoms with Crippen molar-refractivity contribution < 1.29 is 29.3 Å². The van der Waals surface area contributed by atoms with Gasteiger partial charge in [0, 0.05) is 18.4 Å². The second-order valence-electron chi connectivity index (χ2n) is 4.53. The van der Waals surface area contributed by atoms with E-state index in [-0.39, 0.29) is 12.8 Å². The molecule has 0 aromatic heterocycles. The molecule has 0 saturated carbocycles. The lowest BCUT2D eigenvalue weighted by atomic mass is 10.0. The molecule has 0 heterocycles. The number of esters is 1. The smallest absolute Gasteiger partial charge is 0.349 e. The lowest BCUT2D eigenvalue weighted by molar-refractivity contribution is -0.165. The van der Waals surface area contributed by atoms with Crippen LogP contribution in [0.15, 0.2) is 30.3 Å². The fourth-order valence-corrected chi connectivity index (χ4v) is 1.72. The summed E-state index contributed by atoms with van der Waals surface area (Å²) in [6.45, 7) is 1.59. The average molecular weight is 280 g/mol. The average Bonchev–Trinajstić information content (AvgIpc) is 2.35. The number of carboxylic acids is 2. The van der Waals surface area contributed by atoms with Gasteiger partial charge in [-0.3, -0.25) is 9.59 Å². The van der Waals surface area contributed by atoms with Gasteiger partial charge < -0.3 is 14.9 Å². The summed E-state index contributed by atoms with van der Waals surface area (Å²) in [5.41, 5.74) is 0.360. The number of aliphatic carboxylic acids is 2. The van der Waals surface area contributed by atoms with Crippen LogP contribution in [-0.2, 0) is 19.1 Å². The number of ether oxygens (including phenoxy) is 1. The van der Waals surface area contributed by atoms with Gasteiger partial charge in [-0.15, -0.1) is 0 Å². The molecule has 1 rings (SSSR count). The fraction of sp³-hybridized carbons (Fsp3) is 0.357. The molecular weight excluding hydrogens is 264 g/mol. The van der Waals surface area contributed by atoms with E-state index < -0.39 is 29.9 Å². The van der Waals surface area contributed by atoms with Crippen LogP contribution in [0.25, 0.3) is 0 Å². The fourth-order valence-electron chi connectivity index (χ4n) is 1.72. The van der Waals surface area contributed by atoms with E-state index >= 15 is 0 Å². The zero-order chi connectivity index (χ0) is 15.1. The Labute approximate surface area is 116 Å². The maximum absolute atomic E-state index is 11.6. The van der Waals surface area contributed by atoms with Crippen LogP contribution >= 0.6 is 0 Å². The molecule has 0 aliphatic heterocycles. The van der Waals surface area contributed by atoms with Crippen LogP contribution in [0.3, 0.4) is 0 Å². The molecule has 6 heteroatoms. The van der Waals surface area contributed by atoms with E-state index in [9.17, 15) is 14.4 Å². The highest BCUT2D eigenvalue weighted by Gasteiger charge is 2.25. The largest absolute Gasteiger partial charge is 0.481 e. The lowest BCUT2D eigenvalue weighted by Crippen LogP contribution is -2.21. The van der Waals surface area contributed by atoms with E-state index in [2.05, 4.69) is 0 Å². The molecule has 108 valence electrons. The Morgan fingerprint density at radius 2 is 1.70 bits per heavy atom. The van der Waals surface area contributed by atoms with Crippen LogP contribution in [0.1, 0.15) is 31.4 Å². The van der Waals surface area contributed by atoms with Crippen molar-refractivity contribution in [1.29, 1.82) is 0 Å². The van der Waals surface area contributed by atoms with Gasteiger partial charge in [0.15, 0.2) is 0 Å². The third-order valence-corrected chi connectivity index (χ3v) is 2.61.